The van der Waals surface area contributed by atoms with Crippen molar-refractivity contribution in [3.63, 3.8) is 0 Å². The monoisotopic (exact) mass is 405 g/mol. The number of rotatable bonds is 3. The molecule has 144 valence electrons. The topological polar surface area (TPSA) is 50.7 Å². The summed E-state index contributed by atoms with van der Waals surface area (Å²) in [5, 5.41) is 4.62. The van der Waals surface area contributed by atoms with Crippen molar-refractivity contribution in [1.82, 2.24) is 14.8 Å². The van der Waals surface area contributed by atoms with Gasteiger partial charge in [-0.3, -0.25) is 14.9 Å². The average molecular weight is 406 g/mol. The summed E-state index contributed by atoms with van der Waals surface area (Å²) in [5.74, 6) is 1.12. The molecule has 1 N–H and O–H groups in total. The van der Waals surface area contributed by atoms with E-state index in [9.17, 15) is 4.79 Å². The Bertz CT molecular complexity index is 987. The maximum absolute atomic E-state index is 12.7. The van der Waals surface area contributed by atoms with Crippen LogP contribution in [0.2, 0.25) is 5.02 Å². The van der Waals surface area contributed by atoms with E-state index in [1.54, 1.807) is 10.7 Å². The summed E-state index contributed by atoms with van der Waals surface area (Å²) >= 11 is 6.06. The minimum absolute atomic E-state index is 0. The maximum Gasteiger partial charge on any atom is 0.274 e. The van der Waals surface area contributed by atoms with Crippen molar-refractivity contribution >= 4 is 34.9 Å². The van der Waals surface area contributed by atoms with Crippen LogP contribution in [-0.2, 0) is 0 Å². The van der Waals surface area contributed by atoms with Gasteiger partial charge in [0.15, 0.2) is 0 Å². The minimum Gasteiger partial charge on any atom is -0.295 e. The molecule has 0 unspecified atom stereocenters. The van der Waals surface area contributed by atoms with Gasteiger partial charge in [-0.15, -0.1) is 12.4 Å². The lowest BCUT2D eigenvalue weighted by Crippen LogP contribution is -2.28. The zero-order valence-corrected chi connectivity index (χ0v) is 17.2. The highest BCUT2D eigenvalue weighted by atomic mass is 35.5. The Kier molecular flexibility index (Phi) is 5.97. The highest BCUT2D eigenvalue weighted by Crippen LogP contribution is 2.39. The predicted octanol–water partition coefficient (Wildman–Crippen LogP) is 5.64. The molecule has 3 aromatic rings. The van der Waals surface area contributed by atoms with Crippen molar-refractivity contribution in [3.8, 4) is 0 Å². The lowest BCUT2D eigenvalue weighted by molar-refractivity contribution is 0.232. The van der Waals surface area contributed by atoms with Crippen LogP contribution < -0.4 is 5.56 Å². The molecule has 4 nitrogen and oxygen atoms in total. The number of aromatic nitrogens is 3. The molecule has 0 aliphatic heterocycles. The van der Waals surface area contributed by atoms with Gasteiger partial charge in [0.1, 0.15) is 0 Å². The molecule has 1 atom stereocenters. The van der Waals surface area contributed by atoms with Crippen molar-refractivity contribution in [2.24, 2.45) is 5.92 Å². The van der Waals surface area contributed by atoms with E-state index in [1.807, 2.05) is 25.3 Å². The van der Waals surface area contributed by atoms with E-state index < -0.39 is 0 Å². The summed E-state index contributed by atoms with van der Waals surface area (Å²) in [6.07, 6.45) is 6.51. The van der Waals surface area contributed by atoms with Gasteiger partial charge in [-0.05, 0) is 87.3 Å². The largest absolute Gasteiger partial charge is 0.295 e. The van der Waals surface area contributed by atoms with E-state index >= 15 is 0 Å². The van der Waals surface area contributed by atoms with Crippen LogP contribution in [0.5, 0.6) is 0 Å². The zero-order chi connectivity index (χ0) is 18.3. The maximum atomic E-state index is 12.7. The highest BCUT2D eigenvalue weighted by Gasteiger charge is 2.28. The molecule has 27 heavy (non-hydrogen) atoms. The average Bonchev–Trinajstić information content (AvgIpc) is 2.97. The van der Waals surface area contributed by atoms with Crippen molar-refractivity contribution in [2.45, 2.75) is 51.5 Å². The van der Waals surface area contributed by atoms with Crippen molar-refractivity contribution in [3.05, 3.63) is 63.2 Å². The third-order valence-electron chi connectivity index (χ3n) is 5.93. The van der Waals surface area contributed by atoms with Crippen LogP contribution in [0.25, 0.3) is 10.9 Å². The molecule has 6 heteroatoms. The van der Waals surface area contributed by atoms with Crippen molar-refractivity contribution in [1.29, 1.82) is 0 Å². The van der Waals surface area contributed by atoms with Crippen LogP contribution in [0.4, 0.5) is 0 Å². The lowest BCUT2D eigenvalue weighted by atomic mass is 9.76. The van der Waals surface area contributed by atoms with Crippen LogP contribution in [0.15, 0.2) is 41.3 Å². The van der Waals surface area contributed by atoms with Gasteiger partial charge in [-0.2, -0.15) is 0 Å². The number of pyridine rings is 1. The smallest absolute Gasteiger partial charge is 0.274 e. The third kappa shape index (κ3) is 3.92. The Morgan fingerprint density at radius 2 is 1.93 bits per heavy atom. The van der Waals surface area contributed by atoms with E-state index in [-0.39, 0.29) is 24.0 Å². The van der Waals surface area contributed by atoms with Crippen LogP contribution in [-0.4, -0.2) is 14.8 Å². The fraction of sp³-hybridized carbons (Fsp3) is 0.429. The second-order valence-electron chi connectivity index (χ2n) is 7.56. The van der Waals surface area contributed by atoms with Crippen LogP contribution >= 0.6 is 24.0 Å². The van der Waals surface area contributed by atoms with E-state index in [1.165, 1.54) is 18.4 Å². The van der Waals surface area contributed by atoms with Crippen molar-refractivity contribution < 1.29 is 0 Å². The number of nitrogens with one attached hydrogen (secondary N) is 1. The Hall–Kier alpha value is -1.78. The summed E-state index contributed by atoms with van der Waals surface area (Å²) < 4.78 is 1.79. The molecule has 1 saturated carbocycles. The number of nitrogens with zero attached hydrogens (tertiary/aromatic N) is 2. The number of halogens is 2. The van der Waals surface area contributed by atoms with Gasteiger partial charge in [0, 0.05) is 16.9 Å². The van der Waals surface area contributed by atoms with Gasteiger partial charge in [0.25, 0.3) is 5.56 Å². The number of aryl methyl sites for hydroxylation is 1. The second-order valence-corrected chi connectivity index (χ2v) is 8.00. The number of fused-ring (bicyclic) bond motifs is 1. The molecular formula is C21H25Cl2N3O. The number of H-pyrrole nitrogens is 1. The summed E-state index contributed by atoms with van der Waals surface area (Å²) in [6.45, 7) is 4.20. The molecule has 1 aliphatic rings. The predicted molar refractivity (Wildman–Crippen MR) is 113 cm³/mol. The summed E-state index contributed by atoms with van der Waals surface area (Å²) in [4.78, 5) is 17.0. The van der Waals surface area contributed by atoms with Gasteiger partial charge in [0.05, 0.1) is 16.9 Å². The summed E-state index contributed by atoms with van der Waals surface area (Å²) in [5.41, 5.74) is 3.36. The molecule has 1 fully saturated rings. The lowest BCUT2D eigenvalue weighted by Gasteiger charge is -2.32. The fourth-order valence-corrected chi connectivity index (χ4v) is 4.53. The first-order valence-electron chi connectivity index (χ1n) is 9.35. The Morgan fingerprint density at radius 3 is 2.63 bits per heavy atom. The molecule has 1 aliphatic carbocycles. The van der Waals surface area contributed by atoms with E-state index in [2.05, 4.69) is 29.1 Å². The standard InChI is InChI=1S/C21H24ClN3O.ClH/c1-13-11-17(9-10-23-13)16-5-3-15(4-6-16)14(2)25-21(26)19-8-7-18(22)12-20(19)24-25;/h7-12,14-16,24H,3-6H2,1-2H3;1H/t14-,15?,16?;/m1./s1. The number of hydrogen-bond donors (Lipinski definition) is 1. The van der Waals surface area contributed by atoms with Gasteiger partial charge >= 0.3 is 0 Å². The van der Waals surface area contributed by atoms with E-state index in [0.717, 1.165) is 24.1 Å². The molecule has 1 aromatic carbocycles. The van der Waals surface area contributed by atoms with Gasteiger partial charge < -0.3 is 0 Å². The zero-order valence-electron chi connectivity index (χ0n) is 15.6. The first-order valence-corrected chi connectivity index (χ1v) is 9.73. The minimum atomic E-state index is 0. The number of aromatic amines is 1. The number of hydrogen-bond acceptors (Lipinski definition) is 2. The van der Waals surface area contributed by atoms with Gasteiger partial charge in [0.2, 0.25) is 0 Å². The summed E-state index contributed by atoms with van der Waals surface area (Å²) in [7, 11) is 0. The fourth-order valence-electron chi connectivity index (χ4n) is 4.36. The Morgan fingerprint density at radius 1 is 1.19 bits per heavy atom. The molecule has 0 saturated heterocycles. The van der Waals surface area contributed by atoms with E-state index in [0.29, 0.717) is 22.2 Å². The Labute approximate surface area is 170 Å². The summed E-state index contributed by atoms with van der Waals surface area (Å²) in [6, 6.07) is 9.92. The van der Waals surface area contributed by atoms with Crippen molar-refractivity contribution in [2.75, 3.05) is 0 Å². The molecule has 0 amide bonds. The van der Waals surface area contributed by atoms with Gasteiger partial charge in [-0.25, -0.2) is 4.68 Å². The van der Waals surface area contributed by atoms with Crippen LogP contribution in [0.3, 0.4) is 0 Å². The molecule has 0 spiro atoms. The molecule has 0 bridgehead atoms. The number of benzene rings is 1. The van der Waals surface area contributed by atoms with Crippen LogP contribution in [0.1, 0.15) is 55.8 Å². The molecule has 2 aromatic heterocycles. The second kappa shape index (κ2) is 8.07. The normalized spacial score (nSPS) is 21.0. The molecule has 0 radical (unpaired) electrons. The quantitative estimate of drug-likeness (QED) is 0.612. The first-order chi connectivity index (χ1) is 12.5. The molecular weight excluding hydrogens is 381 g/mol. The third-order valence-corrected chi connectivity index (χ3v) is 6.16. The molecule has 4 rings (SSSR count). The SMILES string of the molecule is Cc1cc(C2CCC([C@@H](C)n3[nH]c4cc(Cl)ccc4c3=O)CC2)ccn1.Cl. The molecule has 2 heterocycles. The van der Waals surface area contributed by atoms with E-state index in [4.69, 9.17) is 11.6 Å². The van der Waals surface area contributed by atoms with Gasteiger partial charge in [-0.1, -0.05) is 11.6 Å². The highest BCUT2D eigenvalue weighted by molar-refractivity contribution is 6.31. The first kappa shape index (κ1) is 20.0. The van der Waals surface area contributed by atoms with Crippen LogP contribution in [0, 0.1) is 12.8 Å². The Balaban J connectivity index is 0.00000210.